The van der Waals surface area contributed by atoms with Crippen LogP contribution in [0.5, 0.6) is 0 Å². The number of hydrogen-bond donors (Lipinski definition) is 0. The van der Waals surface area contributed by atoms with E-state index in [1.54, 1.807) is 12.2 Å². The summed E-state index contributed by atoms with van der Waals surface area (Å²) in [7, 11) is 0. The highest BCUT2D eigenvalue weighted by molar-refractivity contribution is 5.79. The van der Waals surface area contributed by atoms with Gasteiger partial charge in [-0.05, 0) is 12.8 Å². The van der Waals surface area contributed by atoms with Crippen molar-refractivity contribution in [3.05, 3.63) is 25.3 Å². The molecule has 0 spiro atoms. The topological polar surface area (TPSA) is 44.1 Å². The second-order valence-corrected chi connectivity index (χ2v) is 4.16. The number of Topliss-reactive ketones (excluding diaryl/α,β-unsaturated/α-hetero) is 1. The maximum absolute atomic E-state index is 11.2. The Hall–Kier alpha value is -1.40. The molecule has 0 aliphatic heterocycles. The maximum atomic E-state index is 11.2. The molecule has 0 heterocycles. The van der Waals surface area contributed by atoms with Crippen molar-refractivity contribution in [3.63, 3.8) is 0 Å². The number of nitrogens with zero attached hydrogens (tertiary/aromatic N) is 2. The van der Waals surface area contributed by atoms with E-state index in [0.717, 1.165) is 0 Å². The van der Waals surface area contributed by atoms with Gasteiger partial charge in [0.05, 0.1) is 6.07 Å². The molecule has 0 unspecified atom stereocenters. The Morgan fingerprint density at radius 1 is 1.31 bits per heavy atom. The van der Waals surface area contributed by atoms with Crippen LogP contribution in [0.3, 0.4) is 0 Å². The van der Waals surface area contributed by atoms with E-state index >= 15 is 0 Å². The second kappa shape index (κ2) is 5.62. The molecule has 0 saturated heterocycles. The quantitative estimate of drug-likeness (QED) is 0.663. The minimum absolute atomic E-state index is 0.267. The van der Waals surface area contributed by atoms with Crippen molar-refractivity contribution in [1.82, 2.24) is 4.90 Å². The van der Waals surface area contributed by atoms with Crippen molar-refractivity contribution in [2.75, 3.05) is 13.1 Å². The third-order valence-electron chi connectivity index (χ3n) is 3.15. The lowest BCUT2D eigenvalue weighted by atomic mass is 9.80. The van der Waals surface area contributed by atoms with Crippen LogP contribution in [0.25, 0.3) is 0 Å². The van der Waals surface area contributed by atoms with Gasteiger partial charge in [0, 0.05) is 25.9 Å². The Kier molecular flexibility index (Phi) is 4.45. The van der Waals surface area contributed by atoms with Crippen molar-refractivity contribution >= 4 is 5.78 Å². The highest BCUT2D eigenvalue weighted by atomic mass is 16.1. The monoisotopic (exact) mass is 218 g/mol. The number of hydrogen-bond acceptors (Lipinski definition) is 3. The summed E-state index contributed by atoms with van der Waals surface area (Å²) in [5.41, 5.74) is -0.504. The highest BCUT2D eigenvalue weighted by Crippen LogP contribution is 2.31. The summed E-state index contributed by atoms with van der Waals surface area (Å²) in [6.07, 6.45) is 5.86. The van der Waals surface area contributed by atoms with Crippen molar-refractivity contribution in [2.24, 2.45) is 0 Å². The number of ketones is 1. The Bertz CT molecular complexity index is 307. The fourth-order valence-corrected chi connectivity index (χ4v) is 2.18. The fraction of sp³-hybridized carbons (Fsp3) is 0.538. The van der Waals surface area contributed by atoms with E-state index in [2.05, 4.69) is 24.1 Å². The van der Waals surface area contributed by atoms with Gasteiger partial charge in [0.1, 0.15) is 11.3 Å². The van der Waals surface area contributed by atoms with Gasteiger partial charge in [-0.2, -0.15) is 5.26 Å². The first-order valence-electron chi connectivity index (χ1n) is 5.58. The summed E-state index contributed by atoms with van der Waals surface area (Å²) >= 11 is 0. The molecule has 1 aliphatic carbocycles. The molecule has 0 bridgehead atoms. The van der Waals surface area contributed by atoms with Crippen molar-refractivity contribution in [3.8, 4) is 6.07 Å². The average molecular weight is 218 g/mol. The zero-order valence-electron chi connectivity index (χ0n) is 9.61. The van der Waals surface area contributed by atoms with Gasteiger partial charge in [0.25, 0.3) is 0 Å². The molecule has 86 valence electrons. The van der Waals surface area contributed by atoms with Crippen molar-refractivity contribution < 1.29 is 4.79 Å². The van der Waals surface area contributed by atoms with Gasteiger partial charge in [-0.15, -0.1) is 13.2 Å². The smallest absolute Gasteiger partial charge is 0.133 e. The van der Waals surface area contributed by atoms with Crippen LogP contribution >= 0.6 is 0 Å². The maximum Gasteiger partial charge on any atom is 0.133 e. The number of carbonyl (C=O) groups is 1. The Morgan fingerprint density at radius 2 is 1.81 bits per heavy atom. The van der Waals surface area contributed by atoms with Gasteiger partial charge in [-0.3, -0.25) is 9.69 Å². The van der Waals surface area contributed by atoms with Crippen LogP contribution in [0.4, 0.5) is 0 Å². The van der Waals surface area contributed by atoms with Crippen molar-refractivity contribution in [1.29, 1.82) is 5.26 Å². The first kappa shape index (κ1) is 12.7. The molecule has 0 aromatic carbocycles. The number of carbonyl (C=O) groups excluding carboxylic acids is 1. The predicted molar refractivity (Wildman–Crippen MR) is 63.8 cm³/mol. The van der Waals surface area contributed by atoms with E-state index in [9.17, 15) is 10.1 Å². The summed E-state index contributed by atoms with van der Waals surface area (Å²) in [6.45, 7) is 8.73. The SMILES string of the molecule is C=CCN(CC=C)C1(C#N)CCC(=O)CC1. The minimum Gasteiger partial charge on any atom is -0.300 e. The summed E-state index contributed by atoms with van der Waals surface area (Å²) in [5.74, 6) is 0.267. The van der Waals surface area contributed by atoms with Gasteiger partial charge in [0.15, 0.2) is 0 Å². The van der Waals surface area contributed by atoms with Gasteiger partial charge in [-0.1, -0.05) is 12.2 Å². The minimum atomic E-state index is -0.504. The Labute approximate surface area is 97.0 Å². The van der Waals surface area contributed by atoms with Gasteiger partial charge in [0.2, 0.25) is 0 Å². The van der Waals surface area contributed by atoms with Crippen LogP contribution in [0.1, 0.15) is 25.7 Å². The molecule has 1 fully saturated rings. The van der Waals surface area contributed by atoms with Crippen LogP contribution in [0.2, 0.25) is 0 Å². The molecular weight excluding hydrogens is 200 g/mol. The van der Waals surface area contributed by atoms with E-state index in [0.29, 0.717) is 38.8 Å². The zero-order chi connectivity index (χ0) is 12.0. The first-order chi connectivity index (χ1) is 7.68. The zero-order valence-corrected chi connectivity index (χ0v) is 9.61. The largest absolute Gasteiger partial charge is 0.300 e. The fourth-order valence-electron chi connectivity index (χ4n) is 2.18. The summed E-state index contributed by atoms with van der Waals surface area (Å²) < 4.78 is 0. The summed E-state index contributed by atoms with van der Waals surface area (Å²) in [4.78, 5) is 13.3. The van der Waals surface area contributed by atoms with E-state index in [-0.39, 0.29) is 5.78 Å². The third-order valence-corrected chi connectivity index (χ3v) is 3.15. The van der Waals surface area contributed by atoms with Crippen LogP contribution in [0, 0.1) is 11.3 Å². The lowest BCUT2D eigenvalue weighted by molar-refractivity contribution is -0.122. The van der Waals surface area contributed by atoms with Gasteiger partial charge in [-0.25, -0.2) is 0 Å². The predicted octanol–water partition coefficient (Wildman–Crippen LogP) is 2.07. The third kappa shape index (κ3) is 2.59. The van der Waals surface area contributed by atoms with E-state index in [4.69, 9.17) is 0 Å². The van der Waals surface area contributed by atoms with E-state index < -0.39 is 5.54 Å². The molecule has 0 amide bonds. The van der Waals surface area contributed by atoms with Crippen LogP contribution in [-0.4, -0.2) is 29.3 Å². The second-order valence-electron chi connectivity index (χ2n) is 4.16. The van der Waals surface area contributed by atoms with Crippen LogP contribution in [-0.2, 0) is 4.79 Å². The normalized spacial score (nSPS) is 19.1. The highest BCUT2D eigenvalue weighted by Gasteiger charge is 2.39. The van der Waals surface area contributed by atoms with Crippen molar-refractivity contribution in [2.45, 2.75) is 31.2 Å². The average Bonchev–Trinajstić information content (AvgIpc) is 2.31. The molecule has 0 N–H and O–H groups in total. The van der Waals surface area contributed by atoms with Gasteiger partial charge >= 0.3 is 0 Å². The lowest BCUT2D eigenvalue weighted by Crippen LogP contribution is -2.50. The summed E-state index contributed by atoms with van der Waals surface area (Å²) in [6, 6.07) is 2.39. The molecule has 0 aromatic heterocycles. The standard InChI is InChI=1S/C13H18N2O/c1-3-9-15(10-4-2)13(11-14)7-5-12(16)6-8-13/h3-4H,1-2,5-10H2. The molecule has 0 radical (unpaired) electrons. The molecule has 3 nitrogen and oxygen atoms in total. The number of rotatable bonds is 5. The molecule has 1 saturated carbocycles. The molecule has 16 heavy (non-hydrogen) atoms. The molecule has 0 aromatic rings. The van der Waals surface area contributed by atoms with Crippen LogP contribution < -0.4 is 0 Å². The molecule has 1 aliphatic rings. The Balaban J connectivity index is 2.83. The first-order valence-corrected chi connectivity index (χ1v) is 5.58. The molecule has 1 rings (SSSR count). The summed E-state index contributed by atoms with van der Waals surface area (Å²) in [5, 5.41) is 9.38. The van der Waals surface area contributed by atoms with Gasteiger partial charge < -0.3 is 0 Å². The Morgan fingerprint density at radius 3 is 2.19 bits per heavy atom. The molecule has 3 heteroatoms. The lowest BCUT2D eigenvalue weighted by Gasteiger charge is -2.39. The van der Waals surface area contributed by atoms with E-state index in [1.807, 2.05) is 0 Å². The van der Waals surface area contributed by atoms with Crippen LogP contribution in [0.15, 0.2) is 25.3 Å². The molecule has 0 atom stereocenters. The number of nitriles is 1. The van der Waals surface area contributed by atoms with E-state index in [1.165, 1.54) is 0 Å². The molecular formula is C13H18N2O.